The molecule has 1 rings (SSSR count). The van der Waals surface area contributed by atoms with E-state index in [2.05, 4.69) is 4.98 Å². The number of aryl methyl sites for hydroxylation is 1. The molecule has 0 amide bonds. The van der Waals surface area contributed by atoms with Crippen molar-refractivity contribution in [3.8, 4) is 5.88 Å². The number of aromatic nitrogens is 1. The Balaban J connectivity index is 3.10. The summed E-state index contributed by atoms with van der Waals surface area (Å²) < 4.78 is 5.25. The Hall–Kier alpha value is -1.58. The normalized spacial score (nSPS) is 9.69. The van der Waals surface area contributed by atoms with Crippen molar-refractivity contribution in [3.05, 3.63) is 23.4 Å². The second-order valence-electron chi connectivity index (χ2n) is 2.65. The molecule has 0 aliphatic carbocycles. The topological polar surface area (TPSA) is 72.0 Å². The van der Waals surface area contributed by atoms with E-state index in [0.29, 0.717) is 18.1 Å². The van der Waals surface area contributed by atoms with E-state index in [4.69, 9.17) is 15.9 Å². The molecule has 13 heavy (non-hydrogen) atoms. The Bertz CT molecular complexity index is 323. The summed E-state index contributed by atoms with van der Waals surface area (Å²) in [5, 5.41) is 7.28. The largest absolute Gasteiger partial charge is 0.477 e. The first-order valence-corrected chi connectivity index (χ1v) is 4.10. The molecule has 0 aliphatic heterocycles. The zero-order valence-electron chi connectivity index (χ0n) is 7.79. The Morgan fingerprint density at radius 1 is 1.62 bits per heavy atom. The molecule has 0 aromatic carbocycles. The highest BCUT2D eigenvalue weighted by Gasteiger charge is 2.07. The monoisotopic (exact) mass is 179 g/mol. The van der Waals surface area contributed by atoms with Gasteiger partial charge in [-0.3, -0.25) is 5.41 Å². The van der Waals surface area contributed by atoms with Crippen LogP contribution in [-0.2, 0) is 0 Å². The quantitative estimate of drug-likeness (QED) is 0.538. The Kier molecular flexibility index (Phi) is 2.84. The summed E-state index contributed by atoms with van der Waals surface area (Å²) in [6, 6.07) is 3.55. The van der Waals surface area contributed by atoms with Gasteiger partial charge in [-0.1, -0.05) is 0 Å². The van der Waals surface area contributed by atoms with Gasteiger partial charge in [0.2, 0.25) is 5.88 Å². The van der Waals surface area contributed by atoms with Gasteiger partial charge in [0.15, 0.2) is 0 Å². The highest BCUT2D eigenvalue weighted by molar-refractivity contribution is 5.97. The van der Waals surface area contributed by atoms with Crippen molar-refractivity contribution in [2.75, 3.05) is 6.61 Å². The minimum Gasteiger partial charge on any atom is -0.477 e. The molecule has 0 atom stereocenters. The Morgan fingerprint density at radius 3 is 2.85 bits per heavy atom. The van der Waals surface area contributed by atoms with Gasteiger partial charge < -0.3 is 10.5 Å². The van der Waals surface area contributed by atoms with Crippen LogP contribution in [0.5, 0.6) is 5.88 Å². The molecule has 1 heterocycles. The standard InChI is InChI=1S/C9H13N3O/c1-3-13-9-7(8(10)11)5-4-6(2)12-9/h4-5H,3H2,1-2H3,(H3,10,11). The molecule has 0 bridgehead atoms. The number of nitrogens with zero attached hydrogens (tertiary/aromatic N) is 1. The number of hydrogen-bond acceptors (Lipinski definition) is 3. The predicted octanol–water partition coefficient (Wildman–Crippen LogP) is 1.07. The van der Waals surface area contributed by atoms with Gasteiger partial charge in [-0.25, -0.2) is 4.98 Å². The lowest BCUT2D eigenvalue weighted by molar-refractivity contribution is 0.325. The van der Waals surface area contributed by atoms with Crippen molar-refractivity contribution in [2.45, 2.75) is 13.8 Å². The zero-order chi connectivity index (χ0) is 9.84. The third-order valence-electron chi connectivity index (χ3n) is 1.57. The van der Waals surface area contributed by atoms with Crippen molar-refractivity contribution < 1.29 is 4.74 Å². The van der Waals surface area contributed by atoms with Crippen molar-refractivity contribution in [3.63, 3.8) is 0 Å². The van der Waals surface area contributed by atoms with Crippen LogP contribution in [-0.4, -0.2) is 17.4 Å². The van der Waals surface area contributed by atoms with E-state index < -0.39 is 0 Å². The summed E-state index contributed by atoms with van der Waals surface area (Å²) >= 11 is 0. The fourth-order valence-electron chi connectivity index (χ4n) is 0.985. The van der Waals surface area contributed by atoms with Crippen LogP contribution in [0.15, 0.2) is 12.1 Å². The maximum atomic E-state index is 7.28. The van der Waals surface area contributed by atoms with E-state index in [0.717, 1.165) is 5.69 Å². The highest BCUT2D eigenvalue weighted by Crippen LogP contribution is 2.14. The summed E-state index contributed by atoms with van der Waals surface area (Å²) in [7, 11) is 0. The average molecular weight is 179 g/mol. The molecule has 0 aliphatic rings. The molecular weight excluding hydrogens is 166 g/mol. The van der Waals surface area contributed by atoms with Crippen LogP contribution in [0.4, 0.5) is 0 Å². The minimum atomic E-state index is -0.0176. The predicted molar refractivity (Wildman–Crippen MR) is 51.2 cm³/mol. The molecule has 0 spiro atoms. The van der Waals surface area contributed by atoms with E-state index in [9.17, 15) is 0 Å². The van der Waals surface area contributed by atoms with Crippen molar-refractivity contribution in [1.29, 1.82) is 5.41 Å². The van der Waals surface area contributed by atoms with E-state index in [1.807, 2.05) is 13.8 Å². The molecule has 0 radical (unpaired) electrons. The van der Waals surface area contributed by atoms with Gasteiger partial charge in [-0.2, -0.15) is 0 Å². The summed E-state index contributed by atoms with van der Waals surface area (Å²) in [6.45, 7) is 4.26. The van der Waals surface area contributed by atoms with Crippen LogP contribution in [0, 0.1) is 12.3 Å². The van der Waals surface area contributed by atoms with E-state index >= 15 is 0 Å². The molecular formula is C9H13N3O. The first-order chi connectivity index (χ1) is 6.15. The molecule has 0 fully saturated rings. The second-order valence-corrected chi connectivity index (χ2v) is 2.65. The zero-order valence-corrected chi connectivity index (χ0v) is 7.79. The van der Waals surface area contributed by atoms with Crippen LogP contribution in [0.25, 0.3) is 0 Å². The molecule has 4 nitrogen and oxygen atoms in total. The smallest absolute Gasteiger partial charge is 0.224 e. The average Bonchev–Trinajstić information content (AvgIpc) is 2.04. The maximum absolute atomic E-state index is 7.28. The molecule has 70 valence electrons. The van der Waals surface area contributed by atoms with Crippen LogP contribution < -0.4 is 10.5 Å². The summed E-state index contributed by atoms with van der Waals surface area (Å²) in [5.41, 5.74) is 6.76. The SMILES string of the molecule is CCOc1nc(C)ccc1C(=N)N. The fourth-order valence-corrected chi connectivity index (χ4v) is 0.985. The van der Waals surface area contributed by atoms with Gasteiger partial charge in [-0.15, -0.1) is 0 Å². The van der Waals surface area contributed by atoms with Gasteiger partial charge in [0.25, 0.3) is 0 Å². The lowest BCUT2D eigenvalue weighted by Gasteiger charge is -2.07. The first-order valence-electron chi connectivity index (χ1n) is 4.10. The molecule has 3 N–H and O–H groups in total. The van der Waals surface area contributed by atoms with Crippen molar-refractivity contribution >= 4 is 5.84 Å². The molecule has 0 saturated heterocycles. The maximum Gasteiger partial charge on any atom is 0.224 e. The number of hydrogen-bond donors (Lipinski definition) is 2. The summed E-state index contributed by atoms with van der Waals surface area (Å²) in [6.07, 6.45) is 0. The summed E-state index contributed by atoms with van der Waals surface area (Å²) in [5.74, 6) is 0.422. The third kappa shape index (κ3) is 2.18. The molecule has 1 aromatic rings. The lowest BCUT2D eigenvalue weighted by atomic mass is 10.2. The number of ether oxygens (including phenoxy) is 1. The molecule has 0 unspecified atom stereocenters. The van der Waals surface area contributed by atoms with Gasteiger partial charge >= 0.3 is 0 Å². The molecule has 1 aromatic heterocycles. The van der Waals surface area contributed by atoms with Crippen molar-refractivity contribution in [1.82, 2.24) is 4.98 Å². The number of pyridine rings is 1. The third-order valence-corrected chi connectivity index (χ3v) is 1.57. The van der Waals surface area contributed by atoms with E-state index in [-0.39, 0.29) is 5.84 Å². The number of rotatable bonds is 3. The van der Waals surface area contributed by atoms with E-state index in [1.165, 1.54) is 0 Å². The second kappa shape index (κ2) is 3.89. The molecule has 4 heteroatoms. The number of nitrogens with two attached hydrogens (primary N) is 1. The van der Waals surface area contributed by atoms with Crippen LogP contribution in [0.3, 0.4) is 0 Å². The number of nitrogens with one attached hydrogen (secondary N) is 1. The first kappa shape index (κ1) is 9.51. The lowest BCUT2D eigenvalue weighted by Crippen LogP contribution is -2.14. The van der Waals surface area contributed by atoms with Gasteiger partial charge in [0.1, 0.15) is 5.84 Å². The Labute approximate surface area is 77.2 Å². The Morgan fingerprint density at radius 2 is 2.31 bits per heavy atom. The van der Waals surface area contributed by atoms with Gasteiger partial charge in [-0.05, 0) is 26.0 Å². The van der Waals surface area contributed by atoms with Gasteiger partial charge in [0.05, 0.1) is 12.2 Å². The van der Waals surface area contributed by atoms with E-state index in [1.54, 1.807) is 12.1 Å². The van der Waals surface area contributed by atoms with Gasteiger partial charge in [0, 0.05) is 5.69 Å². The van der Waals surface area contributed by atoms with Crippen LogP contribution >= 0.6 is 0 Å². The minimum absolute atomic E-state index is 0.0176. The van der Waals surface area contributed by atoms with Crippen LogP contribution in [0.2, 0.25) is 0 Å². The fraction of sp³-hybridized carbons (Fsp3) is 0.333. The van der Waals surface area contributed by atoms with Crippen LogP contribution in [0.1, 0.15) is 18.2 Å². The number of nitrogen functional groups attached to an aromatic ring is 1. The molecule has 0 saturated carbocycles. The van der Waals surface area contributed by atoms with Crippen molar-refractivity contribution in [2.24, 2.45) is 5.73 Å². The summed E-state index contributed by atoms with van der Waals surface area (Å²) in [4.78, 5) is 4.14. The number of amidine groups is 1. The highest BCUT2D eigenvalue weighted by atomic mass is 16.5.